The molecule has 1 rings (SSSR count). The van der Waals surface area contributed by atoms with Gasteiger partial charge in [0.05, 0.1) is 0 Å². The fourth-order valence-electron chi connectivity index (χ4n) is 0.393. The predicted octanol–water partition coefficient (Wildman–Crippen LogP) is 1.92. The number of hydrogen-bond donors (Lipinski definition) is 0. The molecule has 0 saturated heterocycles. The molecule has 0 nitrogen and oxygen atoms in total. The van der Waals surface area contributed by atoms with Crippen molar-refractivity contribution in [1.29, 1.82) is 0 Å². The molecule has 0 unspecified atom stereocenters. The van der Waals surface area contributed by atoms with Crippen molar-refractivity contribution in [3.63, 3.8) is 0 Å². The van der Waals surface area contributed by atoms with Crippen LogP contribution in [0, 0.1) is 0 Å². The second-order valence-corrected chi connectivity index (χ2v) is 1.09. The Kier molecular flexibility index (Phi) is 10.1. The van der Waals surface area contributed by atoms with E-state index >= 15 is 0 Å². The molecule has 0 N–H and O–H groups in total. The van der Waals surface area contributed by atoms with Crippen molar-refractivity contribution in [2.75, 3.05) is 0 Å². The van der Waals surface area contributed by atoms with Gasteiger partial charge in [-0.15, -0.1) is 12.4 Å². The van der Waals surface area contributed by atoms with Gasteiger partial charge in [0.25, 0.3) is 0 Å². The molecule has 0 aromatic heterocycles. The Morgan fingerprint density at radius 2 is 1.43 bits per heavy atom. The first-order chi connectivity index (χ1) is 2.50. The third kappa shape index (κ3) is 4.51. The SMILES string of the molecule is C1=CCC=C1.Cl.[Zr]. The zero-order valence-corrected chi connectivity index (χ0v) is 7.20. The molecule has 0 bridgehead atoms. The van der Waals surface area contributed by atoms with Crippen LogP contribution in [0.1, 0.15) is 6.42 Å². The number of rotatable bonds is 0. The van der Waals surface area contributed by atoms with Gasteiger partial charge >= 0.3 is 0 Å². The van der Waals surface area contributed by atoms with Crippen molar-refractivity contribution in [2.45, 2.75) is 6.42 Å². The van der Waals surface area contributed by atoms with E-state index in [1.165, 1.54) is 0 Å². The molecule has 1 aliphatic rings. The number of hydrogen-bond acceptors (Lipinski definition) is 0. The largest absolute Gasteiger partial charge is 0.147 e. The van der Waals surface area contributed by atoms with Gasteiger partial charge in [0, 0.05) is 26.2 Å². The molecule has 0 amide bonds. The van der Waals surface area contributed by atoms with Crippen LogP contribution in [0.4, 0.5) is 0 Å². The van der Waals surface area contributed by atoms with Crippen LogP contribution in [0.3, 0.4) is 0 Å². The zero-order valence-electron chi connectivity index (χ0n) is 3.92. The Balaban J connectivity index is 0. The maximum absolute atomic E-state index is 2.12. The quantitative estimate of drug-likeness (QED) is 0.552. The van der Waals surface area contributed by atoms with E-state index in [1.807, 2.05) is 0 Å². The Labute approximate surface area is 69.2 Å². The maximum Gasteiger partial charge on any atom is 0 e. The van der Waals surface area contributed by atoms with E-state index in [1.54, 1.807) is 0 Å². The average molecular weight is 194 g/mol. The molecule has 0 aromatic rings. The summed E-state index contributed by atoms with van der Waals surface area (Å²) in [6.07, 6.45) is 9.50. The summed E-state index contributed by atoms with van der Waals surface area (Å²) in [5.74, 6) is 0. The molecule has 0 spiro atoms. The van der Waals surface area contributed by atoms with Gasteiger partial charge in [-0.1, -0.05) is 24.3 Å². The van der Waals surface area contributed by atoms with E-state index < -0.39 is 0 Å². The first-order valence-electron chi connectivity index (χ1n) is 1.82. The van der Waals surface area contributed by atoms with Gasteiger partial charge in [0.15, 0.2) is 0 Å². The molecule has 0 atom stereocenters. The summed E-state index contributed by atoms with van der Waals surface area (Å²) in [6, 6.07) is 0. The van der Waals surface area contributed by atoms with E-state index in [2.05, 4.69) is 24.3 Å². The van der Waals surface area contributed by atoms with E-state index in [0.29, 0.717) is 0 Å². The van der Waals surface area contributed by atoms with Gasteiger partial charge in [-0.25, -0.2) is 0 Å². The molecule has 2 heteroatoms. The van der Waals surface area contributed by atoms with Gasteiger partial charge in [-0.05, 0) is 6.42 Å². The molecular formula is C5H7ClZr. The smallest absolute Gasteiger partial charge is 0 e. The van der Waals surface area contributed by atoms with Crippen LogP contribution in [0.15, 0.2) is 24.3 Å². The summed E-state index contributed by atoms with van der Waals surface area (Å²) >= 11 is 0. The average Bonchev–Trinajstić information content (AvgIpc) is 1.76. The molecule has 38 valence electrons. The predicted molar refractivity (Wildman–Crippen MR) is 30.1 cm³/mol. The van der Waals surface area contributed by atoms with Crippen LogP contribution >= 0.6 is 12.4 Å². The fourth-order valence-corrected chi connectivity index (χ4v) is 0.393. The summed E-state index contributed by atoms with van der Waals surface area (Å²) < 4.78 is 0. The molecule has 7 heavy (non-hydrogen) atoms. The third-order valence-electron chi connectivity index (χ3n) is 0.655. The molecule has 1 aliphatic carbocycles. The van der Waals surface area contributed by atoms with Crippen molar-refractivity contribution in [3.8, 4) is 0 Å². The number of halogens is 1. The summed E-state index contributed by atoms with van der Waals surface area (Å²) in [6.45, 7) is 0. The van der Waals surface area contributed by atoms with Crippen molar-refractivity contribution < 1.29 is 26.2 Å². The van der Waals surface area contributed by atoms with Crippen molar-refractivity contribution in [2.24, 2.45) is 0 Å². The first kappa shape index (κ1) is 10.6. The fraction of sp³-hybridized carbons (Fsp3) is 0.200. The Morgan fingerprint density at radius 3 is 1.57 bits per heavy atom. The minimum atomic E-state index is 0. The Morgan fingerprint density at radius 1 is 1.00 bits per heavy atom. The first-order valence-corrected chi connectivity index (χ1v) is 1.82. The van der Waals surface area contributed by atoms with Gasteiger partial charge in [0.2, 0.25) is 0 Å². The second-order valence-electron chi connectivity index (χ2n) is 1.09. The van der Waals surface area contributed by atoms with Crippen LogP contribution in [0.25, 0.3) is 0 Å². The van der Waals surface area contributed by atoms with Gasteiger partial charge in [-0.3, -0.25) is 0 Å². The minimum Gasteiger partial charge on any atom is -0.147 e. The van der Waals surface area contributed by atoms with Crippen molar-refractivity contribution in [1.82, 2.24) is 0 Å². The summed E-state index contributed by atoms with van der Waals surface area (Å²) in [5.41, 5.74) is 0. The minimum absolute atomic E-state index is 0. The maximum atomic E-state index is 2.12. The van der Waals surface area contributed by atoms with Gasteiger partial charge in [-0.2, -0.15) is 0 Å². The van der Waals surface area contributed by atoms with Crippen LogP contribution < -0.4 is 0 Å². The van der Waals surface area contributed by atoms with Gasteiger partial charge in [0.1, 0.15) is 0 Å². The van der Waals surface area contributed by atoms with Crippen LogP contribution in [-0.4, -0.2) is 0 Å². The van der Waals surface area contributed by atoms with Crippen LogP contribution in [0.2, 0.25) is 0 Å². The topological polar surface area (TPSA) is 0 Å². The molecule has 0 fully saturated rings. The molecule has 0 aromatic carbocycles. The van der Waals surface area contributed by atoms with Gasteiger partial charge < -0.3 is 0 Å². The summed E-state index contributed by atoms with van der Waals surface area (Å²) in [5, 5.41) is 0. The van der Waals surface area contributed by atoms with Crippen molar-refractivity contribution in [3.05, 3.63) is 24.3 Å². The van der Waals surface area contributed by atoms with Crippen molar-refractivity contribution >= 4 is 12.4 Å². The monoisotopic (exact) mass is 192 g/mol. The normalized spacial score (nSPS) is 12.6. The molecule has 0 heterocycles. The standard InChI is InChI=1S/C5H6.ClH.Zr/c1-2-4-5-3-1;;/h1-4H,5H2;1H;. The molecule has 0 aliphatic heterocycles. The van der Waals surface area contributed by atoms with E-state index in [4.69, 9.17) is 0 Å². The van der Waals surface area contributed by atoms with Crippen LogP contribution in [-0.2, 0) is 26.2 Å². The van der Waals surface area contributed by atoms with E-state index in [-0.39, 0.29) is 38.6 Å². The van der Waals surface area contributed by atoms with E-state index in [0.717, 1.165) is 6.42 Å². The van der Waals surface area contributed by atoms with E-state index in [9.17, 15) is 0 Å². The third-order valence-corrected chi connectivity index (χ3v) is 0.655. The zero-order chi connectivity index (χ0) is 3.54. The molecule has 0 radical (unpaired) electrons. The Bertz CT molecular complexity index is 66.1. The number of allylic oxidation sites excluding steroid dienone is 4. The second kappa shape index (κ2) is 6.65. The molecular weight excluding hydrogens is 187 g/mol. The summed E-state index contributed by atoms with van der Waals surface area (Å²) in [4.78, 5) is 0. The Hall–Kier alpha value is 0.653. The molecule has 0 saturated carbocycles. The van der Waals surface area contributed by atoms with Crippen LogP contribution in [0.5, 0.6) is 0 Å². The summed E-state index contributed by atoms with van der Waals surface area (Å²) in [7, 11) is 0.